The summed E-state index contributed by atoms with van der Waals surface area (Å²) in [6, 6.07) is 4.17. The third-order valence-electron chi connectivity index (χ3n) is 3.20. The Morgan fingerprint density at radius 1 is 1.16 bits per heavy atom. The highest BCUT2D eigenvalue weighted by Gasteiger charge is 2.12. The van der Waals surface area contributed by atoms with Crippen molar-refractivity contribution in [2.75, 3.05) is 14.2 Å². The third kappa shape index (κ3) is 4.19. The van der Waals surface area contributed by atoms with Crippen LogP contribution in [-0.2, 0) is 12.8 Å². The summed E-state index contributed by atoms with van der Waals surface area (Å²) in [5.74, 6) is 1.74. The molecule has 0 amide bonds. The topological polar surface area (TPSA) is 38.7 Å². The average molecular weight is 264 g/mol. The van der Waals surface area contributed by atoms with Gasteiger partial charge in [0.1, 0.15) is 11.5 Å². The number of rotatable bonds is 7. The first-order valence-corrected chi connectivity index (χ1v) is 6.69. The van der Waals surface area contributed by atoms with E-state index in [0.717, 1.165) is 54.6 Å². The molecule has 1 N–H and O–H groups in total. The fraction of sp³-hybridized carbons (Fsp3) is 0.500. The summed E-state index contributed by atoms with van der Waals surface area (Å²) in [5.41, 5.74) is 3.24. The zero-order valence-electron chi connectivity index (χ0n) is 12.3. The third-order valence-corrected chi connectivity index (χ3v) is 3.20. The number of hydrogen-bond donors (Lipinski definition) is 1. The van der Waals surface area contributed by atoms with Gasteiger partial charge in [-0.05, 0) is 49.5 Å². The van der Waals surface area contributed by atoms with Gasteiger partial charge in [-0.3, -0.25) is 0 Å². The number of aliphatic hydroxyl groups excluding tert-OH is 1. The van der Waals surface area contributed by atoms with Crippen molar-refractivity contribution >= 4 is 0 Å². The van der Waals surface area contributed by atoms with Crippen molar-refractivity contribution in [3.63, 3.8) is 0 Å². The Morgan fingerprint density at radius 2 is 1.74 bits per heavy atom. The first-order chi connectivity index (χ1) is 9.15. The van der Waals surface area contributed by atoms with Gasteiger partial charge in [0.2, 0.25) is 0 Å². The van der Waals surface area contributed by atoms with Crippen LogP contribution in [0.1, 0.15) is 37.8 Å². The van der Waals surface area contributed by atoms with Crippen LogP contribution < -0.4 is 9.47 Å². The van der Waals surface area contributed by atoms with Gasteiger partial charge in [-0.25, -0.2) is 0 Å². The van der Waals surface area contributed by atoms with Gasteiger partial charge in [0, 0.05) is 5.56 Å². The van der Waals surface area contributed by atoms with Crippen LogP contribution in [0.25, 0.3) is 0 Å². The molecule has 0 aromatic heterocycles. The standard InChI is InChI=1S/C16H24O3/c1-5-6-13-9-15(18-3)14(16(10-13)19-4)8-7-12(2)11-17/h9-11,17H,5-8H2,1-4H3. The summed E-state index contributed by atoms with van der Waals surface area (Å²) in [6.45, 7) is 4.06. The molecule has 0 aliphatic heterocycles. The van der Waals surface area contributed by atoms with E-state index in [0.29, 0.717) is 0 Å². The van der Waals surface area contributed by atoms with Crippen LogP contribution in [0.3, 0.4) is 0 Å². The average Bonchev–Trinajstić information content (AvgIpc) is 2.44. The lowest BCUT2D eigenvalue weighted by molar-refractivity contribution is 0.384. The van der Waals surface area contributed by atoms with Crippen LogP contribution >= 0.6 is 0 Å². The number of allylic oxidation sites excluding steroid dienone is 1. The van der Waals surface area contributed by atoms with Gasteiger partial charge >= 0.3 is 0 Å². The number of ether oxygens (including phenoxy) is 2. The molecule has 0 saturated carbocycles. The summed E-state index contributed by atoms with van der Waals surface area (Å²) in [6.07, 6.45) is 4.85. The molecule has 0 atom stereocenters. The van der Waals surface area contributed by atoms with Crippen LogP contribution in [0, 0.1) is 0 Å². The molecule has 3 heteroatoms. The highest BCUT2D eigenvalue weighted by Crippen LogP contribution is 2.32. The molecule has 106 valence electrons. The smallest absolute Gasteiger partial charge is 0.126 e. The zero-order valence-corrected chi connectivity index (χ0v) is 12.3. The van der Waals surface area contributed by atoms with Crippen molar-refractivity contribution in [2.24, 2.45) is 0 Å². The quantitative estimate of drug-likeness (QED) is 0.755. The molecule has 19 heavy (non-hydrogen) atoms. The highest BCUT2D eigenvalue weighted by atomic mass is 16.5. The first kappa shape index (κ1) is 15.4. The summed E-state index contributed by atoms with van der Waals surface area (Å²) >= 11 is 0. The fourth-order valence-electron chi connectivity index (χ4n) is 2.10. The molecular formula is C16H24O3. The minimum Gasteiger partial charge on any atom is -0.516 e. The predicted molar refractivity (Wildman–Crippen MR) is 78.2 cm³/mol. The maximum atomic E-state index is 8.96. The first-order valence-electron chi connectivity index (χ1n) is 6.69. The molecule has 0 unspecified atom stereocenters. The van der Waals surface area contributed by atoms with E-state index in [2.05, 4.69) is 19.1 Å². The SMILES string of the molecule is CCCc1cc(OC)c(CCC(C)=CO)c(OC)c1. The van der Waals surface area contributed by atoms with Crippen molar-refractivity contribution in [1.82, 2.24) is 0 Å². The molecule has 1 aromatic rings. The summed E-state index contributed by atoms with van der Waals surface area (Å²) in [5, 5.41) is 8.96. The normalized spacial score (nSPS) is 11.5. The predicted octanol–water partition coefficient (Wildman–Crippen LogP) is 4.05. The lowest BCUT2D eigenvalue weighted by Crippen LogP contribution is -2.00. The van der Waals surface area contributed by atoms with E-state index < -0.39 is 0 Å². The van der Waals surface area contributed by atoms with E-state index >= 15 is 0 Å². The molecule has 0 aliphatic carbocycles. The maximum Gasteiger partial charge on any atom is 0.126 e. The molecule has 0 saturated heterocycles. The molecule has 0 aliphatic rings. The Labute approximate surface area is 115 Å². The van der Waals surface area contributed by atoms with E-state index in [-0.39, 0.29) is 0 Å². The van der Waals surface area contributed by atoms with Crippen LogP contribution in [0.5, 0.6) is 11.5 Å². The molecule has 0 spiro atoms. The van der Waals surface area contributed by atoms with Crippen molar-refractivity contribution in [2.45, 2.75) is 39.5 Å². The van der Waals surface area contributed by atoms with E-state index in [9.17, 15) is 0 Å². The summed E-state index contributed by atoms with van der Waals surface area (Å²) < 4.78 is 11.0. The molecule has 0 heterocycles. The second-order valence-corrected chi connectivity index (χ2v) is 4.70. The van der Waals surface area contributed by atoms with Gasteiger partial charge in [0.05, 0.1) is 20.5 Å². The second kappa shape index (κ2) is 7.72. The van der Waals surface area contributed by atoms with Crippen LogP contribution in [-0.4, -0.2) is 19.3 Å². The van der Waals surface area contributed by atoms with Crippen LogP contribution in [0.4, 0.5) is 0 Å². The minimum absolute atomic E-state index is 0.788. The van der Waals surface area contributed by atoms with Gasteiger partial charge in [0.15, 0.2) is 0 Å². The number of benzene rings is 1. The minimum atomic E-state index is 0.788. The van der Waals surface area contributed by atoms with Crippen LogP contribution in [0.2, 0.25) is 0 Å². The molecule has 3 nitrogen and oxygen atoms in total. The van der Waals surface area contributed by atoms with E-state index in [4.69, 9.17) is 14.6 Å². The largest absolute Gasteiger partial charge is 0.516 e. The number of aliphatic hydroxyl groups is 1. The molecule has 0 fully saturated rings. The van der Waals surface area contributed by atoms with Gasteiger partial charge in [0.25, 0.3) is 0 Å². The van der Waals surface area contributed by atoms with Gasteiger partial charge in [-0.1, -0.05) is 13.3 Å². The van der Waals surface area contributed by atoms with Crippen LogP contribution in [0.15, 0.2) is 24.0 Å². The van der Waals surface area contributed by atoms with Gasteiger partial charge < -0.3 is 14.6 Å². The van der Waals surface area contributed by atoms with Crippen molar-refractivity contribution in [1.29, 1.82) is 0 Å². The Bertz CT molecular complexity index is 411. The second-order valence-electron chi connectivity index (χ2n) is 4.70. The van der Waals surface area contributed by atoms with Crippen molar-refractivity contribution < 1.29 is 14.6 Å². The summed E-state index contributed by atoms with van der Waals surface area (Å²) in [4.78, 5) is 0. The molecule has 1 rings (SSSR count). The Morgan fingerprint density at radius 3 is 2.16 bits per heavy atom. The number of hydrogen-bond acceptors (Lipinski definition) is 3. The molecular weight excluding hydrogens is 240 g/mol. The maximum absolute atomic E-state index is 8.96. The van der Waals surface area contributed by atoms with E-state index in [1.807, 2.05) is 6.92 Å². The van der Waals surface area contributed by atoms with Gasteiger partial charge in [-0.15, -0.1) is 0 Å². The van der Waals surface area contributed by atoms with Crippen molar-refractivity contribution in [3.8, 4) is 11.5 Å². The molecule has 1 aromatic carbocycles. The Balaban J connectivity index is 3.06. The Kier molecular flexibility index (Phi) is 6.26. The fourth-order valence-corrected chi connectivity index (χ4v) is 2.10. The highest BCUT2D eigenvalue weighted by molar-refractivity contribution is 5.48. The van der Waals surface area contributed by atoms with Gasteiger partial charge in [-0.2, -0.15) is 0 Å². The lowest BCUT2D eigenvalue weighted by Gasteiger charge is -2.15. The Hall–Kier alpha value is -1.64. The molecule has 0 radical (unpaired) electrons. The zero-order chi connectivity index (χ0) is 14.3. The summed E-state index contributed by atoms with van der Waals surface area (Å²) in [7, 11) is 3.37. The number of aryl methyl sites for hydroxylation is 1. The van der Waals surface area contributed by atoms with E-state index in [1.54, 1.807) is 14.2 Å². The van der Waals surface area contributed by atoms with Crippen molar-refractivity contribution in [3.05, 3.63) is 35.1 Å². The molecule has 0 bridgehead atoms. The monoisotopic (exact) mass is 264 g/mol. The van der Waals surface area contributed by atoms with E-state index in [1.165, 1.54) is 5.56 Å². The lowest BCUT2D eigenvalue weighted by atomic mass is 10.00. The number of methoxy groups -OCH3 is 2.